The van der Waals surface area contributed by atoms with Gasteiger partial charge in [0.15, 0.2) is 6.61 Å². The van der Waals surface area contributed by atoms with Crippen LogP contribution in [-0.2, 0) is 16.0 Å². The average molecular weight is 381 g/mol. The lowest BCUT2D eigenvalue weighted by atomic mass is 10.1. The van der Waals surface area contributed by atoms with Crippen molar-refractivity contribution in [3.8, 4) is 5.75 Å². The second kappa shape index (κ2) is 7.11. The van der Waals surface area contributed by atoms with Gasteiger partial charge in [-0.2, -0.15) is 0 Å². The first-order valence-electron chi connectivity index (χ1n) is 5.37. The summed E-state index contributed by atoms with van der Waals surface area (Å²) in [6.45, 7) is 1.82. The molecule has 0 bridgehead atoms. The van der Waals surface area contributed by atoms with Crippen molar-refractivity contribution >= 4 is 37.8 Å². The summed E-state index contributed by atoms with van der Waals surface area (Å²) >= 11 is 6.82. The summed E-state index contributed by atoms with van der Waals surface area (Å²) < 4.78 is 11.4. The number of carbonyl (C=O) groups is 1. The molecular weight excluding hydrogens is 366 g/mol. The fraction of sp³-hybridized carbons (Fsp3) is 0.417. The Bertz CT molecular complexity index is 412. The summed E-state index contributed by atoms with van der Waals surface area (Å²) in [6, 6.07) is 3.95. The van der Waals surface area contributed by atoms with Crippen molar-refractivity contribution in [3.63, 3.8) is 0 Å². The normalized spacial score (nSPS) is 12.1. The highest BCUT2D eigenvalue weighted by Gasteiger charge is 2.12. The van der Waals surface area contributed by atoms with E-state index < -0.39 is 5.97 Å². The molecule has 1 aromatic carbocycles. The van der Waals surface area contributed by atoms with Crippen LogP contribution < -0.4 is 10.5 Å². The number of rotatable bonds is 5. The van der Waals surface area contributed by atoms with Crippen LogP contribution in [0.1, 0.15) is 12.5 Å². The third-order valence-corrected chi connectivity index (χ3v) is 3.36. The van der Waals surface area contributed by atoms with E-state index in [1.165, 1.54) is 7.11 Å². The molecule has 0 aliphatic heterocycles. The maximum absolute atomic E-state index is 11.0. The second-order valence-electron chi connectivity index (χ2n) is 3.93. The van der Waals surface area contributed by atoms with E-state index in [1.54, 1.807) is 0 Å². The summed E-state index contributed by atoms with van der Waals surface area (Å²) in [4.78, 5) is 11.0. The minimum absolute atomic E-state index is 0.0886. The fourth-order valence-electron chi connectivity index (χ4n) is 1.43. The number of methoxy groups -OCH3 is 1. The van der Waals surface area contributed by atoms with Gasteiger partial charge >= 0.3 is 5.97 Å². The zero-order valence-electron chi connectivity index (χ0n) is 10.2. The van der Waals surface area contributed by atoms with Crippen LogP contribution >= 0.6 is 31.9 Å². The van der Waals surface area contributed by atoms with Crippen LogP contribution in [0, 0.1) is 0 Å². The first-order chi connectivity index (χ1) is 8.43. The largest absolute Gasteiger partial charge is 0.480 e. The molecule has 0 radical (unpaired) electrons. The molecule has 0 saturated carbocycles. The van der Waals surface area contributed by atoms with E-state index in [0.29, 0.717) is 5.75 Å². The van der Waals surface area contributed by atoms with Gasteiger partial charge in [0, 0.05) is 6.04 Å². The highest BCUT2D eigenvalue weighted by molar-refractivity contribution is 9.11. The van der Waals surface area contributed by atoms with E-state index in [0.717, 1.165) is 20.9 Å². The van der Waals surface area contributed by atoms with Gasteiger partial charge in [0.1, 0.15) is 5.75 Å². The Balaban J connectivity index is 2.84. The molecule has 0 aliphatic carbocycles. The molecule has 18 heavy (non-hydrogen) atoms. The molecule has 1 atom stereocenters. The maximum Gasteiger partial charge on any atom is 0.343 e. The Labute approximate surface area is 123 Å². The summed E-state index contributed by atoms with van der Waals surface area (Å²) in [7, 11) is 1.32. The Morgan fingerprint density at radius 2 is 1.94 bits per heavy atom. The Morgan fingerprint density at radius 3 is 2.39 bits per heavy atom. The van der Waals surface area contributed by atoms with Crippen LogP contribution in [0.25, 0.3) is 0 Å². The molecule has 0 aliphatic rings. The van der Waals surface area contributed by atoms with Crippen molar-refractivity contribution in [3.05, 3.63) is 26.6 Å². The number of halogens is 2. The van der Waals surface area contributed by atoms with E-state index in [9.17, 15) is 4.79 Å². The predicted octanol–water partition coefficient (Wildman–Crippen LogP) is 2.65. The van der Waals surface area contributed by atoms with Crippen LogP contribution in [0.3, 0.4) is 0 Å². The standard InChI is InChI=1S/C12H15Br2NO3/c1-7(15)3-8-4-9(13)12(10(14)5-8)18-6-11(16)17-2/h4-5,7H,3,6,15H2,1-2H3. The maximum atomic E-state index is 11.0. The third kappa shape index (κ3) is 4.59. The number of benzene rings is 1. The number of esters is 1. The quantitative estimate of drug-likeness (QED) is 0.797. The molecule has 0 fully saturated rings. The lowest BCUT2D eigenvalue weighted by Crippen LogP contribution is -2.18. The lowest BCUT2D eigenvalue weighted by Gasteiger charge is -2.12. The highest BCUT2D eigenvalue weighted by Crippen LogP contribution is 2.35. The topological polar surface area (TPSA) is 61.5 Å². The van der Waals surface area contributed by atoms with Gasteiger partial charge in [0.05, 0.1) is 16.1 Å². The van der Waals surface area contributed by atoms with E-state index >= 15 is 0 Å². The summed E-state index contributed by atoms with van der Waals surface area (Å²) in [5.41, 5.74) is 6.85. The van der Waals surface area contributed by atoms with E-state index in [4.69, 9.17) is 10.5 Å². The van der Waals surface area contributed by atoms with E-state index in [1.807, 2.05) is 19.1 Å². The van der Waals surface area contributed by atoms with Crippen LogP contribution in [0.15, 0.2) is 21.1 Å². The molecule has 0 spiro atoms. The van der Waals surface area contributed by atoms with Gasteiger partial charge < -0.3 is 15.2 Å². The number of nitrogens with two attached hydrogens (primary N) is 1. The van der Waals surface area contributed by atoms with Crippen molar-refractivity contribution in [2.45, 2.75) is 19.4 Å². The Kier molecular flexibility index (Phi) is 6.11. The molecule has 1 rings (SSSR count). The van der Waals surface area contributed by atoms with Gasteiger partial charge in [-0.05, 0) is 62.9 Å². The lowest BCUT2D eigenvalue weighted by molar-refractivity contribution is -0.142. The van der Waals surface area contributed by atoms with Gasteiger partial charge in [-0.15, -0.1) is 0 Å². The van der Waals surface area contributed by atoms with Gasteiger partial charge in [-0.25, -0.2) is 4.79 Å². The minimum Gasteiger partial charge on any atom is -0.480 e. The molecule has 6 heteroatoms. The summed E-state index contributed by atoms with van der Waals surface area (Å²) in [6.07, 6.45) is 0.772. The molecule has 0 heterocycles. The Morgan fingerprint density at radius 1 is 1.39 bits per heavy atom. The molecule has 2 N–H and O–H groups in total. The molecule has 0 amide bonds. The average Bonchev–Trinajstić information content (AvgIpc) is 2.26. The molecular formula is C12H15Br2NO3. The Hall–Kier alpha value is -0.590. The molecule has 100 valence electrons. The number of hydrogen-bond donors (Lipinski definition) is 1. The molecule has 0 aromatic heterocycles. The van der Waals surface area contributed by atoms with Crippen molar-refractivity contribution in [1.29, 1.82) is 0 Å². The van der Waals surface area contributed by atoms with Gasteiger partial charge in [-0.1, -0.05) is 0 Å². The van der Waals surface area contributed by atoms with Crippen molar-refractivity contribution in [2.24, 2.45) is 5.73 Å². The number of hydrogen-bond acceptors (Lipinski definition) is 4. The third-order valence-electron chi connectivity index (χ3n) is 2.18. The van der Waals surface area contributed by atoms with Crippen molar-refractivity contribution in [1.82, 2.24) is 0 Å². The summed E-state index contributed by atoms with van der Waals surface area (Å²) in [5, 5.41) is 0. The van der Waals surface area contributed by atoms with Crippen LogP contribution in [0.4, 0.5) is 0 Å². The van der Waals surface area contributed by atoms with E-state index in [2.05, 4.69) is 36.6 Å². The van der Waals surface area contributed by atoms with Crippen molar-refractivity contribution in [2.75, 3.05) is 13.7 Å². The van der Waals surface area contributed by atoms with Crippen molar-refractivity contribution < 1.29 is 14.3 Å². The fourth-order valence-corrected chi connectivity index (χ4v) is 2.94. The van der Waals surface area contributed by atoms with Crippen LogP contribution in [0.2, 0.25) is 0 Å². The van der Waals surface area contributed by atoms with E-state index in [-0.39, 0.29) is 12.6 Å². The predicted molar refractivity (Wildman–Crippen MR) is 76.7 cm³/mol. The SMILES string of the molecule is COC(=O)COc1c(Br)cc(CC(C)N)cc1Br. The second-order valence-corrected chi connectivity index (χ2v) is 5.64. The first-order valence-corrected chi connectivity index (χ1v) is 6.95. The molecule has 1 unspecified atom stereocenters. The zero-order valence-corrected chi connectivity index (χ0v) is 13.4. The van der Waals surface area contributed by atoms with Crippen LogP contribution in [0.5, 0.6) is 5.75 Å². The smallest absolute Gasteiger partial charge is 0.343 e. The summed E-state index contributed by atoms with van der Waals surface area (Å²) in [5.74, 6) is 0.155. The van der Waals surface area contributed by atoms with Crippen LogP contribution in [-0.4, -0.2) is 25.7 Å². The molecule has 0 saturated heterocycles. The highest BCUT2D eigenvalue weighted by atomic mass is 79.9. The minimum atomic E-state index is -0.423. The van der Waals surface area contributed by atoms with Gasteiger partial charge in [-0.3, -0.25) is 0 Å². The number of ether oxygens (including phenoxy) is 2. The number of carbonyl (C=O) groups excluding carboxylic acids is 1. The first kappa shape index (κ1) is 15.5. The monoisotopic (exact) mass is 379 g/mol. The molecule has 4 nitrogen and oxygen atoms in total. The van der Waals surface area contributed by atoms with Gasteiger partial charge in [0.2, 0.25) is 0 Å². The zero-order chi connectivity index (χ0) is 13.7. The van der Waals surface area contributed by atoms with Gasteiger partial charge in [0.25, 0.3) is 0 Å². The molecule has 1 aromatic rings.